The minimum absolute atomic E-state index is 0.174. The minimum Gasteiger partial charge on any atom is -0.379 e. The van der Waals surface area contributed by atoms with Crippen LogP contribution in [0.15, 0.2) is 59.0 Å². The molecule has 2 aliphatic heterocycles. The number of nitrogens with zero attached hydrogens (tertiary/aromatic N) is 5. The zero-order valence-electron chi connectivity index (χ0n) is 15.3. The van der Waals surface area contributed by atoms with E-state index >= 15 is 0 Å². The van der Waals surface area contributed by atoms with Crippen LogP contribution in [0.1, 0.15) is 30.7 Å². The average Bonchev–Trinajstić information content (AvgIpc) is 3.21. The van der Waals surface area contributed by atoms with E-state index < -0.39 is 0 Å². The van der Waals surface area contributed by atoms with Crippen LogP contribution in [0.2, 0.25) is 0 Å². The van der Waals surface area contributed by atoms with Crippen LogP contribution in [0.4, 0.5) is 0 Å². The highest BCUT2D eigenvalue weighted by molar-refractivity contribution is 6.14. The molecule has 27 heavy (non-hydrogen) atoms. The van der Waals surface area contributed by atoms with Crippen LogP contribution < -0.4 is 0 Å². The van der Waals surface area contributed by atoms with Gasteiger partial charge in [-0.3, -0.25) is 14.9 Å². The van der Waals surface area contributed by atoms with Crippen molar-refractivity contribution >= 4 is 11.4 Å². The molecular weight excluding hydrogens is 338 g/mol. The summed E-state index contributed by atoms with van der Waals surface area (Å²) in [6.07, 6.45) is 6.99. The fourth-order valence-electron chi connectivity index (χ4n) is 4.91. The van der Waals surface area contributed by atoms with E-state index in [9.17, 15) is 0 Å². The second-order valence-corrected chi connectivity index (χ2v) is 7.33. The summed E-state index contributed by atoms with van der Waals surface area (Å²) in [7, 11) is 0. The number of pyridine rings is 2. The predicted molar refractivity (Wildman–Crippen MR) is 104 cm³/mol. The Hall–Kier alpha value is -2.44. The van der Waals surface area contributed by atoms with E-state index in [1.165, 1.54) is 0 Å². The molecule has 2 fully saturated rings. The van der Waals surface area contributed by atoms with Gasteiger partial charge in [-0.2, -0.15) is 10.2 Å². The van der Waals surface area contributed by atoms with E-state index in [0.717, 1.165) is 68.4 Å². The summed E-state index contributed by atoms with van der Waals surface area (Å²) in [6, 6.07) is 12.0. The highest BCUT2D eigenvalue weighted by Crippen LogP contribution is 2.46. The van der Waals surface area contributed by atoms with Crippen LogP contribution >= 0.6 is 0 Å². The van der Waals surface area contributed by atoms with Crippen LogP contribution in [0.5, 0.6) is 0 Å². The van der Waals surface area contributed by atoms with E-state index in [-0.39, 0.29) is 11.5 Å². The molecule has 1 saturated heterocycles. The molecule has 0 bridgehead atoms. The molecule has 6 heteroatoms. The van der Waals surface area contributed by atoms with Crippen molar-refractivity contribution in [2.24, 2.45) is 16.1 Å². The monoisotopic (exact) mass is 361 g/mol. The molecule has 5 rings (SSSR count). The van der Waals surface area contributed by atoms with Gasteiger partial charge in [0.1, 0.15) is 5.71 Å². The summed E-state index contributed by atoms with van der Waals surface area (Å²) in [5, 5.41) is 9.45. The number of aromatic nitrogens is 2. The maximum absolute atomic E-state index is 5.65. The first-order chi connectivity index (χ1) is 13.4. The zero-order chi connectivity index (χ0) is 18.1. The van der Waals surface area contributed by atoms with Crippen LogP contribution in [-0.4, -0.2) is 58.1 Å². The van der Waals surface area contributed by atoms with Gasteiger partial charge in [-0.15, -0.1) is 0 Å². The topological polar surface area (TPSA) is 63.0 Å². The van der Waals surface area contributed by atoms with Gasteiger partial charge in [-0.05, 0) is 37.1 Å². The fourth-order valence-corrected chi connectivity index (χ4v) is 4.91. The van der Waals surface area contributed by atoms with Crippen LogP contribution in [0.25, 0.3) is 0 Å². The molecule has 1 saturated carbocycles. The third-order valence-corrected chi connectivity index (χ3v) is 6.04. The fraction of sp³-hybridized carbons (Fsp3) is 0.429. The quantitative estimate of drug-likeness (QED) is 0.843. The van der Waals surface area contributed by atoms with E-state index in [1.807, 2.05) is 42.7 Å². The first kappa shape index (κ1) is 16.7. The standard InChI is InChI=1S/C21H23N5O/c1-3-10-22-17(7-1)19-16-6-5-9-21(16,26-12-14-27-15-13-26)20(25-24-19)18-8-2-4-11-23-18/h1-4,7-8,10-11,16H,5-6,9,12-15H2. The number of ether oxygens (including phenoxy) is 1. The van der Waals surface area contributed by atoms with Crippen molar-refractivity contribution in [2.45, 2.75) is 24.8 Å². The van der Waals surface area contributed by atoms with Gasteiger partial charge >= 0.3 is 0 Å². The highest BCUT2D eigenvalue weighted by atomic mass is 16.5. The average molecular weight is 361 g/mol. The van der Waals surface area contributed by atoms with Crippen molar-refractivity contribution in [3.05, 3.63) is 60.2 Å². The molecule has 0 amide bonds. The molecule has 2 unspecified atom stereocenters. The Balaban J connectivity index is 1.67. The second kappa shape index (κ2) is 6.94. The van der Waals surface area contributed by atoms with Gasteiger partial charge in [-0.1, -0.05) is 18.6 Å². The maximum Gasteiger partial charge on any atom is 0.110 e. The Bertz CT molecular complexity index is 861. The number of hydrogen-bond acceptors (Lipinski definition) is 6. The van der Waals surface area contributed by atoms with Crippen molar-refractivity contribution in [3.63, 3.8) is 0 Å². The Morgan fingerprint density at radius 2 is 1.67 bits per heavy atom. The predicted octanol–water partition coefficient (Wildman–Crippen LogP) is 2.55. The van der Waals surface area contributed by atoms with Gasteiger partial charge in [0.15, 0.2) is 0 Å². The Kier molecular flexibility index (Phi) is 4.30. The summed E-state index contributed by atoms with van der Waals surface area (Å²) >= 11 is 0. The van der Waals surface area contributed by atoms with E-state index in [1.54, 1.807) is 0 Å². The molecule has 0 spiro atoms. The minimum atomic E-state index is -0.174. The van der Waals surface area contributed by atoms with Gasteiger partial charge in [0, 0.05) is 31.4 Å². The lowest BCUT2D eigenvalue weighted by Crippen LogP contribution is -2.63. The molecule has 0 N–H and O–H groups in total. The SMILES string of the molecule is c1ccc(C2=NN=C(c3ccccn3)C3(N4CCOCC4)CCCC23)nc1. The Labute approximate surface area is 159 Å². The van der Waals surface area contributed by atoms with Crippen molar-refractivity contribution in [1.82, 2.24) is 14.9 Å². The Morgan fingerprint density at radius 1 is 0.926 bits per heavy atom. The van der Waals surface area contributed by atoms with Crippen molar-refractivity contribution in [2.75, 3.05) is 26.3 Å². The maximum atomic E-state index is 5.65. The summed E-state index contributed by atoms with van der Waals surface area (Å²) in [4.78, 5) is 11.8. The summed E-state index contributed by atoms with van der Waals surface area (Å²) < 4.78 is 5.65. The number of rotatable bonds is 3. The molecule has 6 nitrogen and oxygen atoms in total. The number of fused-ring (bicyclic) bond motifs is 1. The van der Waals surface area contributed by atoms with Crippen molar-refractivity contribution in [1.29, 1.82) is 0 Å². The molecule has 1 aliphatic carbocycles. The van der Waals surface area contributed by atoms with E-state index in [4.69, 9.17) is 9.84 Å². The Morgan fingerprint density at radius 3 is 2.37 bits per heavy atom. The van der Waals surface area contributed by atoms with Gasteiger partial charge in [0.25, 0.3) is 0 Å². The summed E-state index contributed by atoms with van der Waals surface area (Å²) in [5.41, 5.74) is 3.71. The molecule has 0 radical (unpaired) electrons. The number of morpholine rings is 1. The molecule has 2 atom stereocenters. The number of hydrogen-bond donors (Lipinski definition) is 0. The lowest BCUT2D eigenvalue weighted by atomic mass is 9.75. The summed E-state index contributed by atoms with van der Waals surface area (Å²) in [5.74, 6) is 0.278. The molecule has 4 heterocycles. The van der Waals surface area contributed by atoms with Crippen molar-refractivity contribution < 1.29 is 4.74 Å². The highest BCUT2D eigenvalue weighted by Gasteiger charge is 2.55. The largest absolute Gasteiger partial charge is 0.379 e. The second-order valence-electron chi connectivity index (χ2n) is 7.33. The molecule has 0 aromatic carbocycles. The molecule has 3 aliphatic rings. The molecular formula is C21H23N5O. The molecule has 2 aromatic heterocycles. The van der Waals surface area contributed by atoms with E-state index in [0.29, 0.717) is 0 Å². The normalized spacial score (nSPS) is 28.4. The van der Waals surface area contributed by atoms with Crippen LogP contribution in [-0.2, 0) is 4.74 Å². The summed E-state index contributed by atoms with van der Waals surface area (Å²) in [6.45, 7) is 3.36. The molecule has 138 valence electrons. The van der Waals surface area contributed by atoms with Gasteiger partial charge in [0.05, 0.1) is 35.9 Å². The first-order valence-electron chi connectivity index (χ1n) is 9.71. The lowest BCUT2D eigenvalue weighted by Gasteiger charge is -2.48. The lowest BCUT2D eigenvalue weighted by molar-refractivity contribution is -0.00433. The van der Waals surface area contributed by atoms with Crippen LogP contribution in [0.3, 0.4) is 0 Å². The van der Waals surface area contributed by atoms with Gasteiger partial charge in [-0.25, -0.2) is 0 Å². The zero-order valence-corrected chi connectivity index (χ0v) is 15.3. The van der Waals surface area contributed by atoms with Gasteiger partial charge < -0.3 is 4.74 Å². The smallest absolute Gasteiger partial charge is 0.110 e. The van der Waals surface area contributed by atoms with E-state index in [2.05, 4.69) is 26.0 Å². The van der Waals surface area contributed by atoms with Crippen molar-refractivity contribution in [3.8, 4) is 0 Å². The van der Waals surface area contributed by atoms with Crippen LogP contribution in [0, 0.1) is 5.92 Å². The third kappa shape index (κ3) is 2.71. The first-order valence-corrected chi connectivity index (χ1v) is 9.71. The van der Waals surface area contributed by atoms with Gasteiger partial charge in [0.2, 0.25) is 0 Å². The third-order valence-electron chi connectivity index (χ3n) is 6.04. The molecule has 2 aromatic rings.